The van der Waals surface area contributed by atoms with Gasteiger partial charge in [0.2, 0.25) is 0 Å². The lowest BCUT2D eigenvalue weighted by Gasteiger charge is -2.38. The van der Waals surface area contributed by atoms with E-state index in [1.165, 1.54) is 23.4 Å². The van der Waals surface area contributed by atoms with Gasteiger partial charge in [0, 0.05) is 59.9 Å². The molecule has 1 aromatic heterocycles. The Morgan fingerprint density at radius 2 is 1.67 bits per heavy atom. The number of aryl methyl sites for hydroxylation is 1. The number of hydrogen-bond acceptors (Lipinski definition) is 8. The maximum absolute atomic E-state index is 14.2. The molecule has 4 aromatic rings. The number of aliphatic hydroxyl groups is 1. The van der Waals surface area contributed by atoms with E-state index >= 15 is 0 Å². The summed E-state index contributed by atoms with van der Waals surface area (Å²) >= 11 is 12.7. The lowest BCUT2D eigenvalue weighted by atomic mass is 9.88. The minimum atomic E-state index is -3.98. The van der Waals surface area contributed by atoms with Gasteiger partial charge in [-0.15, -0.1) is 0 Å². The van der Waals surface area contributed by atoms with Crippen LogP contribution < -0.4 is 9.64 Å². The summed E-state index contributed by atoms with van der Waals surface area (Å²) < 4.78 is 35.9. The van der Waals surface area contributed by atoms with Crippen LogP contribution >= 0.6 is 23.2 Å². The highest BCUT2D eigenvalue weighted by molar-refractivity contribution is 7.92. The quantitative estimate of drug-likeness (QED) is 0.207. The van der Waals surface area contributed by atoms with Gasteiger partial charge in [-0.25, -0.2) is 18.1 Å². The van der Waals surface area contributed by atoms with Crippen molar-refractivity contribution in [2.24, 2.45) is 0 Å². The van der Waals surface area contributed by atoms with Gasteiger partial charge in [-0.05, 0) is 69.3 Å². The fourth-order valence-electron chi connectivity index (χ4n) is 5.70. The molecule has 0 saturated carbocycles. The van der Waals surface area contributed by atoms with Crippen molar-refractivity contribution in [3.05, 3.63) is 101 Å². The average molecular weight is 673 g/mol. The van der Waals surface area contributed by atoms with Crippen LogP contribution in [0.15, 0.2) is 84.3 Å². The third-order valence-corrected chi connectivity index (χ3v) is 11.0. The molecule has 1 aliphatic rings. The summed E-state index contributed by atoms with van der Waals surface area (Å²) in [5, 5.41) is 15.8. The summed E-state index contributed by atoms with van der Waals surface area (Å²) in [6, 6.07) is 19.6. The highest BCUT2D eigenvalue weighted by atomic mass is 35.5. The van der Waals surface area contributed by atoms with Gasteiger partial charge in [0.15, 0.2) is 9.84 Å². The summed E-state index contributed by atoms with van der Waals surface area (Å²) in [4.78, 5) is 8.93. The van der Waals surface area contributed by atoms with Crippen molar-refractivity contribution in [2.75, 3.05) is 37.7 Å². The fraction of sp³-hybridized carbons (Fsp3) is 0.394. The van der Waals surface area contributed by atoms with Crippen molar-refractivity contribution in [1.29, 1.82) is 0 Å². The summed E-state index contributed by atoms with van der Waals surface area (Å²) in [5.74, 6) is 0.535. The van der Waals surface area contributed by atoms with Gasteiger partial charge < -0.3 is 14.7 Å². The van der Waals surface area contributed by atoms with Crippen LogP contribution in [0.2, 0.25) is 10.0 Å². The third-order valence-electron chi connectivity index (χ3n) is 8.36. The standard InChI is InChI=1S/C33H39Cl2N5O4S/c1-24(2)38-14-16-39(17-15-38)27-7-9-28(10-8-27)44-20-30(45(42,43)29-11-4-25(3)5-12-29)19-33(41,21-40-23-36-22-37-40)31-13-6-26(34)18-32(31)35/h4-13,18,22-24,30,41H,14-17,19-21H2,1-3H3. The summed E-state index contributed by atoms with van der Waals surface area (Å²) in [7, 11) is -3.98. The maximum atomic E-state index is 14.2. The highest BCUT2D eigenvalue weighted by Crippen LogP contribution is 2.38. The van der Waals surface area contributed by atoms with E-state index in [-0.39, 0.29) is 29.5 Å². The molecule has 9 nitrogen and oxygen atoms in total. The molecule has 3 aromatic carbocycles. The number of piperazine rings is 1. The van der Waals surface area contributed by atoms with Crippen molar-refractivity contribution in [1.82, 2.24) is 19.7 Å². The monoisotopic (exact) mass is 671 g/mol. The van der Waals surface area contributed by atoms with Crippen LogP contribution in [0, 0.1) is 6.92 Å². The number of rotatable bonds is 12. The van der Waals surface area contributed by atoms with Gasteiger partial charge in [0.25, 0.3) is 0 Å². The first kappa shape index (κ1) is 33.2. The van der Waals surface area contributed by atoms with Gasteiger partial charge in [0.1, 0.15) is 35.9 Å². The predicted molar refractivity (Wildman–Crippen MR) is 178 cm³/mol. The molecule has 45 heavy (non-hydrogen) atoms. The number of ether oxygens (including phenoxy) is 1. The third kappa shape index (κ3) is 7.99. The maximum Gasteiger partial charge on any atom is 0.184 e. The average Bonchev–Trinajstić information content (AvgIpc) is 3.52. The SMILES string of the molecule is Cc1ccc(S(=O)(=O)C(COc2ccc(N3CCN(C(C)C)CC3)cc2)CC(O)(Cn2cncn2)c2ccc(Cl)cc2Cl)cc1. The number of nitrogens with zero attached hydrogens (tertiary/aromatic N) is 5. The Hall–Kier alpha value is -3.15. The van der Waals surface area contributed by atoms with Crippen LogP contribution in [0.25, 0.3) is 0 Å². The first-order valence-electron chi connectivity index (χ1n) is 15.0. The van der Waals surface area contributed by atoms with Gasteiger partial charge in [0.05, 0.1) is 11.4 Å². The van der Waals surface area contributed by atoms with Crippen LogP contribution in [-0.4, -0.2) is 77.3 Å². The molecular weight excluding hydrogens is 633 g/mol. The van der Waals surface area contributed by atoms with Crippen LogP contribution in [0.5, 0.6) is 5.75 Å². The van der Waals surface area contributed by atoms with Gasteiger partial charge >= 0.3 is 0 Å². The molecule has 0 radical (unpaired) electrons. The number of hydrogen-bond donors (Lipinski definition) is 1. The number of aromatic nitrogens is 3. The van der Waals surface area contributed by atoms with E-state index in [1.54, 1.807) is 36.4 Å². The zero-order chi connectivity index (χ0) is 32.2. The molecular formula is C33H39Cl2N5O4S. The second kappa shape index (κ2) is 14.1. The fourth-order valence-corrected chi connectivity index (χ4v) is 7.93. The molecule has 2 atom stereocenters. The number of benzene rings is 3. The molecule has 1 saturated heterocycles. The largest absolute Gasteiger partial charge is 0.492 e. The van der Waals surface area contributed by atoms with Crippen LogP contribution in [0.4, 0.5) is 5.69 Å². The molecule has 0 spiro atoms. The molecule has 1 aliphatic heterocycles. The summed E-state index contributed by atoms with van der Waals surface area (Å²) in [5.41, 5.74) is 0.593. The van der Waals surface area contributed by atoms with Crippen molar-refractivity contribution in [3.63, 3.8) is 0 Å². The molecule has 0 bridgehead atoms. The first-order chi connectivity index (χ1) is 21.4. The zero-order valence-corrected chi connectivity index (χ0v) is 28.0. The highest BCUT2D eigenvalue weighted by Gasteiger charge is 2.41. The first-order valence-corrected chi connectivity index (χ1v) is 17.3. The van der Waals surface area contributed by atoms with Crippen molar-refractivity contribution in [2.45, 2.75) is 55.5 Å². The molecule has 0 aliphatic carbocycles. The molecule has 5 rings (SSSR count). The predicted octanol–water partition coefficient (Wildman–Crippen LogP) is 5.62. The number of halogens is 2. The van der Waals surface area contributed by atoms with E-state index in [9.17, 15) is 13.5 Å². The van der Waals surface area contributed by atoms with Crippen LogP contribution in [-0.2, 0) is 22.0 Å². The van der Waals surface area contributed by atoms with Gasteiger partial charge in [-0.2, -0.15) is 5.10 Å². The Morgan fingerprint density at radius 1 is 0.978 bits per heavy atom. The van der Waals surface area contributed by atoms with E-state index in [2.05, 4.69) is 33.7 Å². The lowest BCUT2D eigenvalue weighted by molar-refractivity contribution is 0.00252. The number of sulfone groups is 1. The summed E-state index contributed by atoms with van der Waals surface area (Å²) in [6.45, 7) is 9.92. The molecule has 240 valence electrons. The second-order valence-electron chi connectivity index (χ2n) is 11.9. The molecule has 2 heterocycles. The van der Waals surface area contributed by atoms with Crippen molar-refractivity contribution >= 4 is 38.7 Å². The molecule has 0 amide bonds. The molecule has 2 unspecified atom stereocenters. The topological polar surface area (TPSA) is 101 Å². The van der Waals surface area contributed by atoms with E-state index in [1.807, 2.05) is 31.2 Å². The Kier molecular flexibility index (Phi) is 10.4. The van der Waals surface area contributed by atoms with Crippen LogP contribution in [0.3, 0.4) is 0 Å². The molecule has 1 fully saturated rings. The van der Waals surface area contributed by atoms with Crippen molar-refractivity contribution in [3.8, 4) is 5.75 Å². The minimum Gasteiger partial charge on any atom is -0.492 e. The van der Waals surface area contributed by atoms with E-state index < -0.39 is 20.7 Å². The second-order valence-corrected chi connectivity index (χ2v) is 14.9. The Morgan fingerprint density at radius 3 is 2.27 bits per heavy atom. The Balaban J connectivity index is 1.42. The Labute approximate surface area is 275 Å². The van der Waals surface area contributed by atoms with Gasteiger partial charge in [-0.3, -0.25) is 4.90 Å². The van der Waals surface area contributed by atoms with E-state index in [4.69, 9.17) is 27.9 Å². The normalized spacial score (nSPS) is 16.5. The van der Waals surface area contributed by atoms with E-state index in [0.29, 0.717) is 22.4 Å². The van der Waals surface area contributed by atoms with Crippen molar-refractivity contribution < 1.29 is 18.3 Å². The van der Waals surface area contributed by atoms with Gasteiger partial charge in [-0.1, -0.05) is 47.0 Å². The summed E-state index contributed by atoms with van der Waals surface area (Å²) in [6.07, 6.45) is 2.57. The number of anilines is 1. The minimum absolute atomic E-state index is 0.0902. The smallest absolute Gasteiger partial charge is 0.184 e. The van der Waals surface area contributed by atoms with E-state index in [0.717, 1.165) is 37.4 Å². The molecule has 1 N–H and O–H groups in total. The molecule has 12 heteroatoms. The lowest BCUT2D eigenvalue weighted by Crippen LogP contribution is -2.48. The zero-order valence-electron chi connectivity index (χ0n) is 25.7. The Bertz CT molecular complexity index is 1660. The van der Waals surface area contributed by atoms with Crippen LogP contribution in [0.1, 0.15) is 31.4 Å².